The molecule has 0 heterocycles. The van der Waals surface area contributed by atoms with Gasteiger partial charge in [-0.25, -0.2) is 0 Å². The van der Waals surface area contributed by atoms with Gasteiger partial charge in [0.1, 0.15) is 0 Å². The summed E-state index contributed by atoms with van der Waals surface area (Å²) in [7, 11) is 0. The predicted molar refractivity (Wildman–Crippen MR) is 68.3 cm³/mol. The van der Waals surface area contributed by atoms with Gasteiger partial charge in [-0.2, -0.15) is 5.26 Å². The van der Waals surface area contributed by atoms with Crippen molar-refractivity contribution in [2.75, 3.05) is 0 Å². The third kappa shape index (κ3) is 2.69. The van der Waals surface area contributed by atoms with E-state index in [9.17, 15) is 4.79 Å². The van der Waals surface area contributed by atoms with Gasteiger partial charge in [-0.1, -0.05) is 12.1 Å². The second-order valence-corrected chi connectivity index (χ2v) is 5.05. The summed E-state index contributed by atoms with van der Waals surface area (Å²) in [5, 5.41) is 11.6. The topological polar surface area (TPSA) is 78.9 Å². The summed E-state index contributed by atoms with van der Waals surface area (Å²) >= 11 is 0. The lowest BCUT2D eigenvalue weighted by molar-refractivity contribution is -0.126. The first kappa shape index (κ1) is 12.6. The number of nitrogens with zero attached hydrogens (tertiary/aromatic N) is 1. The molecule has 1 fully saturated rings. The minimum Gasteiger partial charge on any atom is -0.350 e. The van der Waals surface area contributed by atoms with Crippen LogP contribution in [0.5, 0.6) is 0 Å². The van der Waals surface area contributed by atoms with Crippen molar-refractivity contribution in [2.24, 2.45) is 11.7 Å². The average Bonchev–Trinajstić information content (AvgIpc) is 3.20. The fourth-order valence-corrected chi connectivity index (χ4v) is 1.99. The molecule has 94 valence electrons. The molecule has 0 saturated heterocycles. The molecule has 1 aromatic rings. The van der Waals surface area contributed by atoms with Crippen LogP contribution in [-0.2, 0) is 11.3 Å². The van der Waals surface area contributed by atoms with E-state index in [4.69, 9.17) is 11.0 Å². The number of rotatable bonds is 4. The van der Waals surface area contributed by atoms with Crippen molar-refractivity contribution in [1.82, 2.24) is 5.32 Å². The van der Waals surface area contributed by atoms with Crippen LogP contribution in [0.4, 0.5) is 0 Å². The van der Waals surface area contributed by atoms with Crippen molar-refractivity contribution in [3.05, 3.63) is 35.4 Å². The SMILES string of the molecule is CC(N)(C(=O)NCc1cccc(C#N)c1)C1CC1. The van der Waals surface area contributed by atoms with Gasteiger partial charge in [-0.15, -0.1) is 0 Å². The van der Waals surface area contributed by atoms with Gasteiger partial charge >= 0.3 is 0 Å². The van der Waals surface area contributed by atoms with Gasteiger partial charge in [0, 0.05) is 6.54 Å². The van der Waals surface area contributed by atoms with E-state index in [0.29, 0.717) is 18.0 Å². The maximum Gasteiger partial charge on any atom is 0.240 e. The van der Waals surface area contributed by atoms with Gasteiger partial charge in [0.05, 0.1) is 17.2 Å². The minimum atomic E-state index is -0.771. The molecule has 1 unspecified atom stereocenters. The van der Waals surface area contributed by atoms with Crippen LogP contribution in [0.1, 0.15) is 30.9 Å². The predicted octanol–water partition coefficient (Wildman–Crippen LogP) is 1.30. The van der Waals surface area contributed by atoms with Gasteiger partial charge in [-0.3, -0.25) is 4.79 Å². The largest absolute Gasteiger partial charge is 0.350 e. The van der Waals surface area contributed by atoms with Gasteiger partial charge < -0.3 is 11.1 Å². The number of nitriles is 1. The van der Waals surface area contributed by atoms with Crippen molar-refractivity contribution in [2.45, 2.75) is 31.8 Å². The lowest BCUT2D eigenvalue weighted by Crippen LogP contribution is -2.53. The molecule has 1 aliphatic carbocycles. The van der Waals surface area contributed by atoms with Gasteiger partial charge in [0.25, 0.3) is 0 Å². The first-order valence-corrected chi connectivity index (χ1v) is 6.10. The van der Waals surface area contributed by atoms with Crippen molar-refractivity contribution in [3.8, 4) is 6.07 Å². The Morgan fingerprint density at radius 1 is 1.61 bits per heavy atom. The maximum atomic E-state index is 12.0. The molecular formula is C14H17N3O. The van der Waals surface area contributed by atoms with E-state index < -0.39 is 5.54 Å². The summed E-state index contributed by atoms with van der Waals surface area (Å²) in [4.78, 5) is 12.0. The normalized spacial score (nSPS) is 17.6. The van der Waals surface area contributed by atoms with Crippen LogP contribution in [0.15, 0.2) is 24.3 Å². The van der Waals surface area contributed by atoms with E-state index in [2.05, 4.69) is 11.4 Å². The van der Waals surface area contributed by atoms with E-state index in [1.807, 2.05) is 12.1 Å². The molecule has 0 aromatic heterocycles. The zero-order chi connectivity index (χ0) is 13.2. The highest BCUT2D eigenvalue weighted by Crippen LogP contribution is 2.38. The summed E-state index contributed by atoms with van der Waals surface area (Å²) in [6.07, 6.45) is 2.06. The second kappa shape index (κ2) is 4.79. The number of benzene rings is 1. The minimum absolute atomic E-state index is 0.118. The number of nitrogens with one attached hydrogen (secondary N) is 1. The van der Waals surface area contributed by atoms with Gasteiger partial charge in [-0.05, 0) is 43.4 Å². The molecule has 4 nitrogen and oxygen atoms in total. The third-order valence-electron chi connectivity index (χ3n) is 3.42. The Morgan fingerprint density at radius 3 is 2.94 bits per heavy atom. The fourth-order valence-electron chi connectivity index (χ4n) is 1.99. The van der Waals surface area contributed by atoms with E-state index >= 15 is 0 Å². The highest BCUT2D eigenvalue weighted by atomic mass is 16.2. The van der Waals surface area contributed by atoms with Crippen molar-refractivity contribution in [3.63, 3.8) is 0 Å². The second-order valence-electron chi connectivity index (χ2n) is 5.05. The summed E-state index contributed by atoms with van der Waals surface area (Å²) in [5.74, 6) is 0.190. The molecule has 1 amide bonds. The zero-order valence-corrected chi connectivity index (χ0v) is 10.4. The standard InChI is InChI=1S/C14H17N3O/c1-14(16,12-5-6-12)13(18)17-9-11-4-2-3-10(7-11)8-15/h2-4,7,12H,5-6,9,16H2,1H3,(H,17,18). The Hall–Kier alpha value is -1.86. The summed E-state index contributed by atoms with van der Waals surface area (Å²) in [6, 6.07) is 9.27. The molecule has 4 heteroatoms. The third-order valence-corrected chi connectivity index (χ3v) is 3.42. The molecule has 2 rings (SSSR count). The molecule has 18 heavy (non-hydrogen) atoms. The molecule has 1 saturated carbocycles. The van der Waals surface area contributed by atoms with Crippen molar-refractivity contribution >= 4 is 5.91 Å². The number of hydrogen-bond acceptors (Lipinski definition) is 3. The van der Waals surface area contributed by atoms with Crippen LogP contribution in [-0.4, -0.2) is 11.4 Å². The summed E-state index contributed by atoms with van der Waals surface area (Å²) < 4.78 is 0. The summed E-state index contributed by atoms with van der Waals surface area (Å²) in [5.41, 5.74) is 6.76. The van der Waals surface area contributed by atoms with Crippen LogP contribution in [0.25, 0.3) is 0 Å². The Kier molecular flexibility index (Phi) is 3.35. The monoisotopic (exact) mass is 243 g/mol. The van der Waals surface area contributed by atoms with Crippen LogP contribution < -0.4 is 11.1 Å². The van der Waals surface area contributed by atoms with Gasteiger partial charge in [0.2, 0.25) is 5.91 Å². The first-order chi connectivity index (χ1) is 8.54. The highest BCUT2D eigenvalue weighted by Gasteiger charge is 2.43. The van der Waals surface area contributed by atoms with Crippen LogP contribution in [0.3, 0.4) is 0 Å². The van der Waals surface area contributed by atoms with Gasteiger partial charge in [0.15, 0.2) is 0 Å². The Labute approximate surface area is 107 Å². The van der Waals surface area contributed by atoms with Crippen LogP contribution in [0.2, 0.25) is 0 Å². The lowest BCUT2D eigenvalue weighted by atomic mass is 9.96. The number of carbonyl (C=O) groups is 1. The maximum absolute atomic E-state index is 12.0. The molecule has 3 N–H and O–H groups in total. The Morgan fingerprint density at radius 2 is 2.33 bits per heavy atom. The number of hydrogen-bond donors (Lipinski definition) is 2. The molecule has 0 spiro atoms. The molecule has 0 aliphatic heterocycles. The molecule has 1 atom stereocenters. The zero-order valence-electron chi connectivity index (χ0n) is 10.4. The number of nitrogens with two attached hydrogens (primary N) is 1. The van der Waals surface area contributed by atoms with E-state index in [1.54, 1.807) is 19.1 Å². The molecule has 0 radical (unpaired) electrons. The highest BCUT2D eigenvalue weighted by molar-refractivity contribution is 5.86. The Bertz CT molecular complexity index is 498. The molecule has 0 bridgehead atoms. The quantitative estimate of drug-likeness (QED) is 0.836. The molecular weight excluding hydrogens is 226 g/mol. The van der Waals surface area contributed by atoms with Crippen molar-refractivity contribution < 1.29 is 4.79 Å². The first-order valence-electron chi connectivity index (χ1n) is 6.10. The smallest absolute Gasteiger partial charge is 0.240 e. The van der Waals surface area contributed by atoms with Crippen LogP contribution >= 0.6 is 0 Å². The van der Waals surface area contributed by atoms with E-state index in [-0.39, 0.29) is 5.91 Å². The molecule has 1 aliphatic rings. The fraction of sp³-hybridized carbons (Fsp3) is 0.429. The number of amides is 1. The average molecular weight is 243 g/mol. The van der Waals surface area contributed by atoms with E-state index in [1.165, 1.54) is 0 Å². The van der Waals surface area contributed by atoms with Crippen LogP contribution in [0, 0.1) is 17.2 Å². The number of carbonyl (C=O) groups excluding carboxylic acids is 1. The Balaban J connectivity index is 1.95. The van der Waals surface area contributed by atoms with Crippen molar-refractivity contribution in [1.29, 1.82) is 5.26 Å². The molecule has 1 aromatic carbocycles. The lowest BCUT2D eigenvalue weighted by Gasteiger charge is -2.23. The summed E-state index contributed by atoms with van der Waals surface area (Å²) in [6.45, 7) is 2.19. The van der Waals surface area contributed by atoms with E-state index in [0.717, 1.165) is 18.4 Å².